The topological polar surface area (TPSA) is 88.8 Å². The standard InChI is InChI=1S/C39H42N4O4/c1-39(2,3)46-33-24-34(36-40-35(41-47-36)17-11-16-27-12-7-5-8-13-27)43(26-33)38(45)32-21-19-29-22-31(20-18-30(29)23-32)37(44)42(4)25-28-14-9-6-10-15-28/h5-10,12-15,18-23,33-34H,11,16-17,24-26H2,1-4H3/t33-,34-/m0/s1. The van der Waals surface area contributed by atoms with Gasteiger partial charge in [0.25, 0.3) is 11.8 Å². The molecule has 1 aliphatic heterocycles. The maximum atomic E-state index is 14.1. The summed E-state index contributed by atoms with van der Waals surface area (Å²) in [5.74, 6) is 0.911. The van der Waals surface area contributed by atoms with Crippen molar-refractivity contribution in [1.82, 2.24) is 19.9 Å². The second kappa shape index (κ2) is 13.9. The van der Waals surface area contributed by atoms with Crippen LogP contribution in [0.5, 0.6) is 0 Å². The summed E-state index contributed by atoms with van der Waals surface area (Å²) in [5.41, 5.74) is 3.15. The Kier molecular flexibility index (Phi) is 9.50. The lowest BCUT2D eigenvalue weighted by Crippen LogP contribution is -2.34. The molecule has 0 aliphatic carbocycles. The normalized spacial score (nSPS) is 16.5. The van der Waals surface area contributed by atoms with Crippen LogP contribution in [0.4, 0.5) is 0 Å². The van der Waals surface area contributed by atoms with Crippen molar-refractivity contribution in [3.05, 3.63) is 131 Å². The molecule has 0 saturated carbocycles. The van der Waals surface area contributed by atoms with E-state index in [2.05, 4.69) is 17.3 Å². The Labute approximate surface area is 276 Å². The van der Waals surface area contributed by atoms with Gasteiger partial charge in [0.1, 0.15) is 6.04 Å². The fourth-order valence-corrected chi connectivity index (χ4v) is 6.27. The number of hydrogen-bond acceptors (Lipinski definition) is 6. The molecule has 0 unspecified atom stereocenters. The zero-order valence-corrected chi connectivity index (χ0v) is 27.6. The van der Waals surface area contributed by atoms with Crippen molar-refractivity contribution in [3.8, 4) is 0 Å². The first-order valence-electron chi connectivity index (χ1n) is 16.3. The van der Waals surface area contributed by atoms with Gasteiger partial charge in [0, 0.05) is 44.1 Å². The second-order valence-corrected chi connectivity index (χ2v) is 13.4. The molecule has 1 fully saturated rings. The van der Waals surface area contributed by atoms with Crippen molar-refractivity contribution in [2.75, 3.05) is 13.6 Å². The predicted molar refractivity (Wildman–Crippen MR) is 182 cm³/mol. The summed E-state index contributed by atoms with van der Waals surface area (Å²) in [6.45, 7) is 7.01. The van der Waals surface area contributed by atoms with Crippen LogP contribution in [0, 0.1) is 0 Å². The molecule has 2 atom stereocenters. The number of fused-ring (bicyclic) bond motifs is 1. The highest BCUT2D eigenvalue weighted by Gasteiger charge is 2.41. The van der Waals surface area contributed by atoms with E-state index in [9.17, 15) is 9.59 Å². The molecule has 242 valence electrons. The third kappa shape index (κ3) is 7.95. The summed E-state index contributed by atoms with van der Waals surface area (Å²) in [6, 6.07) is 31.1. The monoisotopic (exact) mass is 630 g/mol. The molecule has 8 nitrogen and oxygen atoms in total. The molecule has 5 aromatic rings. The number of likely N-dealkylation sites (tertiary alicyclic amines) is 1. The first-order chi connectivity index (χ1) is 22.6. The Morgan fingerprint density at radius 2 is 1.51 bits per heavy atom. The Morgan fingerprint density at radius 3 is 2.19 bits per heavy atom. The fraction of sp³-hybridized carbons (Fsp3) is 0.333. The van der Waals surface area contributed by atoms with Crippen molar-refractivity contribution in [1.29, 1.82) is 0 Å². The van der Waals surface area contributed by atoms with Crippen molar-refractivity contribution in [2.45, 2.75) is 70.7 Å². The lowest BCUT2D eigenvalue weighted by atomic mass is 10.0. The Morgan fingerprint density at radius 1 is 0.872 bits per heavy atom. The molecule has 0 bridgehead atoms. The number of benzene rings is 4. The van der Waals surface area contributed by atoms with E-state index in [0.29, 0.717) is 48.8 Å². The molecular formula is C39H42N4O4. The largest absolute Gasteiger partial charge is 0.371 e. The average molecular weight is 631 g/mol. The van der Waals surface area contributed by atoms with Crippen molar-refractivity contribution < 1.29 is 18.8 Å². The van der Waals surface area contributed by atoms with Crippen LogP contribution in [0.2, 0.25) is 0 Å². The Hall–Kier alpha value is -4.82. The van der Waals surface area contributed by atoms with Gasteiger partial charge in [-0.05, 0) is 79.8 Å². The smallest absolute Gasteiger partial charge is 0.254 e. The van der Waals surface area contributed by atoms with Crippen LogP contribution in [0.25, 0.3) is 10.8 Å². The van der Waals surface area contributed by atoms with Gasteiger partial charge in [-0.3, -0.25) is 9.59 Å². The molecule has 1 aliphatic rings. The number of carbonyl (C=O) groups excluding carboxylic acids is 2. The first kappa shape index (κ1) is 32.1. The van der Waals surface area contributed by atoms with Gasteiger partial charge in [0.05, 0.1) is 11.7 Å². The Bertz CT molecular complexity index is 1830. The molecule has 8 heteroatoms. The number of hydrogen-bond donors (Lipinski definition) is 0. The van der Waals surface area contributed by atoms with E-state index < -0.39 is 0 Å². The number of rotatable bonds is 10. The number of nitrogens with zero attached hydrogens (tertiary/aromatic N) is 4. The quantitative estimate of drug-likeness (QED) is 0.159. The van der Waals surface area contributed by atoms with E-state index in [1.165, 1.54) is 5.56 Å². The highest BCUT2D eigenvalue weighted by atomic mass is 16.5. The summed E-state index contributed by atoms with van der Waals surface area (Å²) >= 11 is 0. The van der Waals surface area contributed by atoms with E-state index in [1.807, 2.05) is 113 Å². The van der Waals surface area contributed by atoms with Crippen molar-refractivity contribution in [2.24, 2.45) is 0 Å². The third-order valence-electron chi connectivity index (χ3n) is 8.46. The van der Waals surface area contributed by atoms with Gasteiger partial charge in [-0.2, -0.15) is 4.98 Å². The van der Waals surface area contributed by atoms with Gasteiger partial charge in [-0.1, -0.05) is 78.0 Å². The summed E-state index contributed by atoms with van der Waals surface area (Å²) in [7, 11) is 1.81. The third-order valence-corrected chi connectivity index (χ3v) is 8.46. The van der Waals surface area contributed by atoms with E-state index >= 15 is 0 Å². The number of aromatic nitrogens is 2. The second-order valence-electron chi connectivity index (χ2n) is 13.4. The van der Waals surface area contributed by atoms with Crippen LogP contribution >= 0.6 is 0 Å². The zero-order chi connectivity index (χ0) is 33.0. The maximum absolute atomic E-state index is 14.1. The molecule has 2 amide bonds. The van der Waals surface area contributed by atoms with Crippen molar-refractivity contribution >= 4 is 22.6 Å². The fourth-order valence-electron chi connectivity index (χ4n) is 6.27. The molecular weight excluding hydrogens is 588 g/mol. The molecule has 4 aromatic carbocycles. The maximum Gasteiger partial charge on any atom is 0.254 e. The summed E-state index contributed by atoms with van der Waals surface area (Å²) in [5, 5.41) is 6.04. The van der Waals surface area contributed by atoms with Gasteiger partial charge in [-0.25, -0.2) is 0 Å². The van der Waals surface area contributed by atoms with Crippen LogP contribution in [0.15, 0.2) is 102 Å². The van der Waals surface area contributed by atoms with Gasteiger partial charge < -0.3 is 19.1 Å². The summed E-state index contributed by atoms with van der Waals surface area (Å²) in [6.07, 6.45) is 2.93. The minimum absolute atomic E-state index is 0.0558. The van der Waals surface area contributed by atoms with Crippen LogP contribution < -0.4 is 0 Å². The van der Waals surface area contributed by atoms with Crippen LogP contribution in [0.1, 0.15) is 83.2 Å². The van der Waals surface area contributed by atoms with E-state index in [-0.39, 0.29) is 29.6 Å². The zero-order valence-electron chi connectivity index (χ0n) is 27.6. The van der Waals surface area contributed by atoms with Gasteiger partial charge in [-0.15, -0.1) is 0 Å². The minimum atomic E-state index is -0.388. The average Bonchev–Trinajstić information content (AvgIpc) is 3.71. The van der Waals surface area contributed by atoms with E-state index in [0.717, 1.165) is 29.2 Å². The first-order valence-corrected chi connectivity index (χ1v) is 16.3. The van der Waals surface area contributed by atoms with E-state index in [1.54, 1.807) is 9.80 Å². The number of aryl methyl sites for hydroxylation is 2. The number of carbonyl (C=O) groups is 2. The molecule has 1 saturated heterocycles. The summed E-state index contributed by atoms with van der Waals surface area (Å²) in [4.78, 5) is 35.5. The number of ether oxygens (including phenoxy) is 1. The van der Waals surface area contributed by atoms with Gasteiger partial charge in [0.2, 0.25) is 5.89 Å². The molecule has 0 radical (unpaired) electrons. The Balaban J connectivity index is 1.18. The predicted octanol–water partition coefficient (Wildman–Crippen LogP) is 7.44. The van der Waals surface area contributed by atoms with Crippen molar-refractivity contribution in [3.63, 3.8) is 0 Å². The molecule has 0 N–H and O–H groups in total. The SMILES string of the molecule is CN(Cc1ccccc1)C(=O)c1ccc2cc(C(=O)N3C[C@@H](OC(C)(C)C)C[C@H]3c3nc(CCCc4ccccc4)no3)ccc2c1. The molecule has 0 spiro atoms. The molecule has 1 aromatic heterocycles. The molecule has 6 rings (SSSR count). The highest BCUT2D eigenvalue weighted by Crippen LogP contribution is 2.36. The lowest BCUT2D eigenvalue weighted by molar-refractivity contribution is -0.0535. The van der Waals surface area contributed by atoms with Crippen LogP contribution in [-0.4, -0.2) is 57.1 Å². The van der Waals surface area contributed by atoms with Gasteiger partial charge in [0.15, 0.2) is 5.82 Å². The van der Waals surface area contributed by atoms with E-state index in [4.69, 9.17) is 14.2 Å². The number of amides is 2. The van der Waals surface area contributed by atoms with Crippen LogP contribution in [-0.2, 0) is 24.1 Å². The van der Waals surface area contributed by atoms with Gasteiger partial charge >= 0.3 is 0 Å². The minimum Gasteiger partial charge on any atom is -0.371 e. The van der Waals surface area contributed by atoms with Crippen LogP contribution in [0.3, 0.4) is 0 Å². The summed E-state index contributed by atoms with van der Waals surface area (Å²) < 4.78 is 12.1. The highest BCUT2D eigenvalue weighted by molar-refractivity contribution is 6.02. The lowest BCUT2D eigenvalue weighted by Gasteiger charge is -2.25. The molecule has 47 heavy (non-hydrogen) atoms. The molecule has 2 heterocycles.